The molecule has 1 aliphatic heterocycles. The maximum Gasteiger partial charge on any atom is 0.150 e. The van der Waals surface area contributed by atoms with Gasteiger partial charge < -0.3 is 5.73 Å². The third-order valence-corrected chi connectivity index (χ3v) is 4.93. The number of hydrogen-bond donors (Lipinski definition) is 1. The third kappa shape index (κ3) is 2.44. The van der Waals surface area contributed by atoms with E-state index in [0.29, 0.717) is 11.5 Å². The molecule has 0 spiro atoms. The van der Waals surface area contributed by atoms with Crippen LogP contribution in [0.15, 0.2) is 24.3 Å². The number of rotatable bonds is 2. The van der Waals surface area contributed by atoms with Crippen LogP contribution in [0.3, 0.4) is 0 Å². The van der Waals surface area contributed by atoms with E-state index in [0.717, 1.165) is 17.5 Å². The van der Waals surface area contributed by atoms with Crippen LogP contribution in [0, 0.1) is 0 Å². The second-order valence-electron chi connectivity index (χ2n) is 4.56. The van der Waals surface area contributed by atoms with Crippen molar-refractivity contribution in [1.29, 1.82) is 0 Å². The molecular weight excluding hydrogens is 222 g/mol. The summed E-state index contributed by atoms with van der Waals surface area (Å²) in [5.41, 5.74) is 7.97. The smallest absolute Gasteiger partial charge is 0.150 e. The Morgan fingerprint density at radius 1 is 1.31 bits per heavy atom. The van der Waals surface area contributed by atoms with E-state index in [1.807, 2.05) is 31.2 Å². The molecule has 1 fully saturated rings. The molecule has 0 unspecified atom stereocenters. The van der Waals surface area contributed by atoms with Crippen molar-refractivity contribution in [1.82, 2.24) is 0 Å². The van der Waals surface area contributed by atoms with E-state index < -0.39 is 9.84 Å². The molecule has 0 saturated carbocycles. The first-order chi connectivity index (χ1) is 7.48. The lowest BCUT2D eigenvalue weighted by Gasteiger charge is -2.10. The SMILES string of the molecule is C[C@@H](N)c1ccc([C@@H]2CCS(=O)(=O)C2)cc1. The van der Waals surface area contributed by atoms with Crippen LogP contribution < -0.4 is 5.73 Å². The Hall–Kier alpha value is -0.870. The molecular formula is C12H17NO2S. The fraction of sp³-hybridized carbons (Fsp3) is 0.500. The molecule has 0 radical (unpaired) electrons. The maximum atomic E-state index is 11.4. The molecule has 1 heterocycles. The summed E-state index contributed by atoms with van der Waals surface area (Å²) in [5.74, 6) is 0.796. The number of benzene rings is 1. The number of sulfone groups is 1. The van der Waals surface area contributed by atoms with Crippen LogP contribution in [0.25, 0.3) is 0 Å². The van der Waals surface area contributed by atoms with Gasteiger partial charge in [0.25, 0.3) is 0 Å². The van der Waals surface area contributed by atoms with Gasteiger partial charge in [-0.3, -0.25) is 0 Å². The fourth-order valence-corrected chi connectivity index (χ4v) is 3.91. The molecule has 2 rings (SSSR count). The second-order valence-corrected chi connectivity index (χ2v) is 6.78. The minimum Gasteiger partial charge on any atom is -0.324 e. The van der Waals surface area contributed by atoms with Crippen molar-refractivity contribution in [3.63, 3.8) is 0 Å². The summed E-state index contributed by atoms with van der Waals surface area (Å²) in [7, 11) is -2.79. The van der Waals surface area contributed by atoms with Crippen molar-refractivity contribution in [2.45, 2.75) is 25.3 Å². The van der Waals surface area contributed by atoms with Crippen molar-refractivity contribution >= 4 is 9.84 Å². The average Bonchev–Trinajstić information content (AvgIpc) is 2.59. The van der Waals surface area contributed by atoms with Gasteiger partial charge in [0.2, 0.25) is 0 Å². The highest BCUT2D eigenvalue weighted by molar-refractivity contribution is 7.91. The van der Waals surface area contributed by atoms with Gasteiger partial charge in [-0.05, 0) is 30.4 Å². The third-order valence-electron chi connectivity index (χ3n) is 3.17. The van der Waals surface area contributed by atoms with Gasteiger partial charge in [0.05, 0.1) is 11.5 Å². The van der Waals surface area contributed by atoms with E-state index in [1.165, 1.54) is 0 Å². The summed E-state index contributed by atoms with van der Waals surface area (Å²) in [6.07, 6.45) is 0.750. The molecule has 2 N–H and O–H groups in total. The topological polar surface area (TPSA) is 60.2 Å². The fourth-order valence-electron chi connectivity index (χ4n) is 2.13. The predicted octanol–water partition coefficient (Wildman–Crippen LogP) is 1.61. The van der Waals surface area contributed by atoms with Gasteiger partial charge in [0.1, 0.15) is 0 Å². The highest BCUT2D eigenvalue weighted by Crippen LogP contribution is 2.29. The average molecular weight is 239 g/mol. The van der Waals surface area contributed by atoms with Gasteiger partial charge in [-0.25, -0.2) is 8.42 Å². The quantitative estimate of drug-likeness (QED) is 0.853. The zero-order chi connectivity index (χ0) is 11.8. The predicted molar refractivity (Wildman–Crippen MR) is 65.1 cm³/mol. The van der Waals surface area contributed by atoms with Gasteiger partial charge in [0, 0.05) is 6.04 Å². The summed E-state index contributed by atoms with van der Waals surface area (Å²) in [4.78, 5) is 0. The minimum atomic E-state index is -2.79. The van der Waals surface area contributed by atoms with Gasteiger partial charge in [0.15, 0.2) is 9.84 Å². The molecule has 3 nitrogen and oxygen atoms in total. The lowest BCUT2D eigenvalue weighted by atomic mass is 9.96. The standard InChI is InChI=1S/C12H17NO2S/c1-9(13)10-2-4-11(5-3-10)12-6-7-16(14,15)8-12/h2-5,9,12H,6-8,13H2,1H3/t9-,12-/m1/s1. The Kier molecular flexibility index (Phi) is 3.04. The van der Waals surface area contributed by atoms with Crippen LogP contribution in [-0.2, 0) is 9.84 Å². The molecule has 16 heavy (non-hydrogen) atoms. The lowest BCUT2D eigenvalue weighted by Crippen LogP contribution is -2.06. The van der Waals surface area contributed by atoms with Crippen molar-refractivity contribution in [2.75, 3.05) is 11.5 Å². The van der Waals surface area contributed by atoms with E-state index in [-0.39, 0.29) is 12.0 Å². The number of nitrogens with two attached hydrogens (primary N) is 1. The summed E-state index contributed by atoms with van der Waals surface area (Å²) in [6.45, 7) is 1.94. The molecule has 0 bridgehead atoms. The van der Waals surface area contributed by atoms with Crippen molar-refractivity contribution in [3.05, 3.63) is 35.4 Å². The van der Waals surface area contributed by atoms with Crippen LogP contribution in [0.2, 0.25) is 0 Å². The molecule has 1 aromatic carbocycles. The molecule has 1 saturated heterocycles. The van der Waals surface area contributed by atoms with E-state index >= 15 is 0 Å². The Morgan fingerprint density at radius 3 is 2.38 bits per heavy atom. The first kappa shape index (κ1) is 11.6. The van der Waals surface area contributed by atoms with Gasteiger partial charge in [-0.2, -0.15) is 0 Å². The summed E-state index contributed by atoms with van der Waals surface area (Å²) in [6, 6.07) is 8.02. The van der Waals surface area contributed by atoms with E-state index in [2.05, 4.69) is 0 Å². The molecule has 0 aliphatic carbocycles. The molecule has 1 aliphatic rings. The van der Waals surface area contributed by atoms with E-state index in [4.69, 9.17) is 5.73 Å². The van der Waals surface area contributed by atoms with Crippen LogP contribution in [-0.4, -0.2) is 19.9 Å². The summed E-state index contributed by atoms with van der Waals surface area (Å²) in [5, 5.41) is 0. The van der Waals surface area contributed by atoms with Crippen molar-refractivity contribution < 1.29 is 8.42 Å². The van der Waals surface area contributed by atoms with Crippen molar-refractivity contribution in [2.24, 2.45) is 5.73 Å². The molecule has 4 heteroatoms. The highest BCUT2D eigenvalue weighted by atomic mass is 32.2. The lowest BCUT2D eigenvalue weighted by molar-refractivity contribution is 0.601. The Labute approximate surface area is 96.6 Å². The van der Waals surface area contributed by atoms with E-state index in [9.17, 15) is 8.42 Å². The van der Waals surface area contributed by atoms with Gasteiger partial charge in [-0.1, -0.05) is 24.3 Å². The largest absolute Gasteiger partial charge is 0.324 e. The summed E-state index contributed by atoms with van der Waals surface area (Å²) >= 11 is 0. The zero-order valence-corrected chi connectivity index (χ0v) is 10.2. The molecule has 0 aromatic heterocycles. The molecule has 88 valence electrons. The highest BCUT2D eigenvalue weighted by Gasteiger charge is 2.28. The normalized spacial score (nSPS) is 25.5. The molecule has 1 aromatic rings. The van der Waals surface area contributed by atoms with Gasteiger partial charge >= 0.3 is 0 Å². The second kappa shape index (κ2) is 4.18. The molecule has 0 amide bonds. The Balaban J connectivity index is 2.17. The Morgan fingerprint density at radius 2 is 1.94 bits per heavy atom. The monoisotopic (exact) mass is 239 g/mol. The van der Waals surface area contributed by atoms with E-state index in [1.54, 1.807) is 0 Å². The minimum absolute atomic E-state index is 0.0290. The maximum absolute atomic E-state index is 11.4. The zero-order valence-electron chi connectivity index (χ0n) is 9.39. The van der Waals surface area contributed by atoms with Gasteiger partial charge in [-0.15, -0.1) is 0 Å². The van der Waals surface area contributed by atoms with Crippen LogP contribution in [0.4, 0.5) is 0 Å². The Bertz CT molecular complexity index is 462. The first-order valence-electron chi connectivity index (χ1n) is 5.54. The van der Waals surface area contributed by atoms with Crippen molar-refractivity contribution in [3.8, 4) is 0 Å². The van der Waals surface area contributed by atoms with Crippen LogP contribution in [0.5, 0.6) is 0 Å². The number of hydrogen-bond acceptors (Lipinski definition) is 3. The molecule has 2 atom stereocenters. The van der Waals surface area contributed by atoms with Crippen LogP contribution >= 0.6 is 0 Å². The van der Waals surface area contributed by atoms with Crippen LogP contribution in [0.1, 0.15) is 36.4 Å². The first-order valence-corrected chi connectivity index (χ1v) is 7.36. The summed E-state index contributed by atoms with van der Waals surface area (Å²) < 4.78 is 22.7.